The number of hydrogen-bond acceptors (Lipinski definition) is 1. The molecule has 38 heavy (non-hydrogen) atoms. The number of halogens is 2. The quantitative estimate of drug-likeness (QED) is 0.199. The summed E-state index contributed by atoms with van der Waals surface area (Å²) in [5.41, 5.74) is 3.53. The third-order valence-corrected chi connectivity index (χ3v) is 9.03. The van der Waals surface area contributed by atoms with Crippen molar-refractivity contribution in [3.63, 3.8) is 0 Å². The molecule has 0 unspecified atom stereocenters. The molecule has 2 aliphatic carbocycles. The standard InChI is InChI=1S/C35H48F2O/c1-3-5-25-38-33-24-23-32(34(36)35(33)37)31-21-15-28(16-22-31)10-7-6-9-27-13-19-30(20-14-27)29-17-11-26(8-4-2)12-18-29/h6,9,11-12,17-18,23-24,27-28,30-31H,3-5,7-8,10,13-16,19-22,25H2,1-2H3. The minimum atomic E-state index is -0.815. The van der Waals surface area contributed by atoms with Crippen LogP contribution in [-0.4, -0.2) is 6.61 Å². The molecule has 208 valence electrons. The van der Waals surface area contributed by atoms with Crippen LogP contribution in [0.15, 0.2) is 48.6 Å². The molecule has 4 rings (SSSR count). The number of hydrogen-bond donors (Lipinski definition) is 0. The highest BCUT2D eigenvalue weighted by Gasteiger charge is 2.26. The highest BCUT2D eigenvalue weighted by molar-refractivity contribution is 5.33. The van der Waals surface area contributed by atoms with Gasteiger partial charge < -0.3 is 4.74 Å². The fourth-order valence-corrected chi connectivity index (χ4v) is 6.57. The highest BCUT2D eigenvalue weighted by atomic mass is 19.2. The molecular formula is C35H48F2O. The van der Waals surface area contributed by atoms with Crippen molar-refractivity contribution in [1.82, 2.24) is 0 Å². The maximum Gasteiger partial charge on any atom is 0.200 e. The first-order chi connectivity index (χ1) is 18.6. The zero-order valence-electron chi connectivity index (χ0n) is 23.7. The van der Waals surface area contributed by atoms with Gasteiger partial charge in [-0.1, -0.05) is 69.2 Å². The van der Waals surface area contributed by atoms with E-state index in [-0.39, 0.29) is 11.7 Å². The summed E-state index contributed by atoms with van der Waals surface area (Å²) < 4.78 is 34.7. The van der Waals surface area contributed by atoms with Gasteiger partial charge in [-0.2, -0.15) is 4.39 Å². The van der Waals surface area contributed by atoms with Crippen LogP contribution in [0.2, 0.25) is 0 Å². The van der Waals surface area contributed by atoms with Gasteiger partial charge in [0.25, 0.3) is 0 Å². The number of allylic oxidation sites excluding steroid dienone is 2. The summed E-state index contributed by atoms with van der Waals surface area (Å²) in [6, 6.07) is 12.8. The monoisotopic (exact) mass is 522 g/mol. The Morgan fingerprint density at radius 3 is 2.18 bits per heavy atom. The first kappa shape index (κ1) is 28.8. The van der Waals surface area contributed by atoms with Crippen molar-refractivity contribution in [2.45, 2.75) is 116 Å². The van der Waals surface area contributed by atoms with E-state index >= 15 is 0 Å². The Hall–Kier alpha value is -2.16. The van der Waals surface area contributed by atoms with Gasteiger partial charge in [0.05, 0.1) is 6.61 Å². The van der Waals surface area contributed by atoms with E-state index < -0.39 is 11.6 Å². The van der Waals surface area contributed by atoms with Gasteiger partial charge in [0.1, 0.15) is 0 Å². The summed E-state index contributed by atoms with van der Waals surface area (Å²) >= 11 is 0. The average molecular weight is 523 g/mol. The number of unbranched alkanes of at least 4 members (excludes halogenated alkanes) is 1. The van der Waals surface area contributed by atoms with Crippen LogP contribution >= 0.6 is 0 Å². The van der Waals surface area contributed by atoms with E-state index in [1.54, 1.807) is 12.1 Å². The fraction of sp³-hybridized carbons (Fsp3) is 0.600. The van der Waals surface area contributed by atoms with Gasteiger partial charge in [0.15, 0.2) is 11.6 Å². The molecule has 0 N–H and O–H groups in total. The Balaban J connectivity index is 1.15. The molecule has 0 aromatic heterocycles. The molecule has 2 aliphatic rings. The van der Waals surface area contributed by atoms with Crippen molar-refractivity contribution in [2.75, 3.05) is 6.61 Å². The van der Waals surface area contributed by atoms with E-state index in [0.717, 1.165) is 56.8 Å². The zero-order chi connectivity index (χ0) is 26.7. The molecule has 2 aromatic rings. The zero-order valence-corrected chi connectivity index (χ0v) is 23.7. The van der Waals surface area contributed by atoms with Gasteiger partial charge in [-0.3, -0.25) is 0 Å². The summed E-state index contributed by atoms with van der Waals surface area (Å²) in [5.74, 6) is 0.820. The molecule has 0 radical (unpaired) electrons. The van der Waals surface area contributed by atoms with E-state index in [9.17, 15) is 8.78 Å². The molecule has 0 amide bonds. The van der Waals surface area contributed by atoms with E-state index in [1.807, 2.05) is 0 Å². The minimum Gasteiger partial charge on any atom is -0.490 e. The molecule has 0 saturated heterocycles. The predicted molar refractivity (Wildman–Crippen MR) is 155 cm³/mol. The Morgan fingerprint density at radius 2 is 1.50 bits per heavy atom. The van der Waals surface area contributed by atoms with Crippen LogP contribution < -0.4 is 4.74 Å². The lowest BCUT2D eigenvalue weighted by Crippen LogP contribution is -2.15. The molecule has 0 atom stereocenters. The van der Waals surface area contributed by atoms with Gasteiger partial charge in [-0.05, 0) is 123 Å². The summed E-state index contributed by atoms with van der Waals surface area (Å²) in [6.45, 7) is 4.72. The normalized spacial score (nSPS) is 24.1. The molecule has 1 nitrogen and oxygen atoms in total. The van der Waals surface area contributed by atoms with Crippen LogP contribution in [0.4, 0.5) is 8.78 Å². The van der Waals surface area contributed by atoms with Crippen LogP contribution in [-0.2, 0) is 6.42 Å². The Morgan fingerprint density at radius 1 is 0.789 bits per heavy atom. The summed E-state index contributed by atoms with van der Waals surface area (Å²) in [5, 5.41) is 0. The molecule has 0 heterocycles. The van der Waals surface area contributed by atoms with Crippen LogP contribution in [0.25, 0.3) is 0 Å². The number of benzene rings is 2. The van der Waals surface area contributed by atoms with E-state index in [1.165, 1.54) is 56.1 Å². The summed E-state index contributed by atoms with van der Waals surface area (Å²) in [6.07, 6.45) is 20.8. The van der Waals surface area contributed by atoms with Gasteiger partial charge in [0, 0.05) is 0 Å². The molecule has 0 spiro atoms. The summed E-state index contributed by atoms with van der Waals surface area (Å²) in [4.78, 5) is 0. The molecule has 0 aliphatic heterocycles. The molecule has 2 fully saturated rings. The van der Waals surface area contributed by atoms with Crippen LogP contribution in [0.5, 0.6) is 5.75 Å². The maximum absolute atomic E-state index is 14.8. The van der Waals surface area contributed by atoms with Crippen LogP contribution in [0.3, 0.4) is 0 Å². The second-order valence-corrected chi connectivity index (χ2v) is 11.8. The van der Waals surface area contributed by atoms with Gasteiger partial charge in [-0.15, -0.1) is 0 Å². The second kappa shape index (κ2) is 14.8. The van der Waals surface area contributed by atoms with Crippen LogP contribution in [0.1, 0.15) is 126 Å². The number of aryl methyl sites for hydroxylation is 1. The van der Waals surface area contributed by atoms with Crippen molar-refractivity contribution in [2.24, 2.45) is 11.8 Å². The first-order valence-corrected chi connectivity index (χ1v) is 15.4. The Kier molecular flexibility index (Phi) is 11.3. The van der Waals surface area contributed by atoms with Gasteiger partial charge in [0.2, 0.25) is 5.82 Å². The van der Waals surface area contributed by atoms with Gasteiger partial charge in [-0.25, -0.2) is 4.39 Å². The molecule has 2 saturated carbocycles. The van der Waals surface area contributed by atoms with Crippen molar-refractivity contribution >= 4 is 0 Å². The van der Waals surface area contributed by atoms with Crippen molar-refractivity contribution in [1.29, 1.82) is 0 Å². The lowest BCUT2D eigenvalue weighted by molar-refractivity contribution is 0.283. The Labute approximate surface area is 230 Å². The highest BCUT2D eigenvalue weighted by Crippen LogP contribution is 2.40. The lowest BCUT2D eigenvalue weighted by atomic mass is 9.76. The first-order valence-electron chi connectivity index (χ1n) is 15.4. The predicted octanol–water partition coefficient (Wildman–Crippen LogP) is 10.7. The van der Waals surface area contributed by atoms with E-state index in [2.05, 4.69) is 50.3 Å². The van der Waals surface area contributed by atoms with Crippen LogP contribution in [0, 0.1) is 23.5 Å². The van der Waals surface area contributed by atoms with Gasteiger partial charge >= 0.3 is 0 Å². The third-order valence-electron chi connectivity index (χ3n) is 9.03. The fourth-order valence-electron chi connectivity index (χ4n) is 6.57. The second-order valence-electron chi connectivity index (χ2n) is 11.8. The SMILES string of the molecule is CCCCOc1ccc(C2CCC(CCC=CC3CCC(c4ccc(CCC)cc4)CC3)CC2)c(F)c1F. The van der Waals surface area contributed by atoms with Crippen molar-refractivity contribution in [3.05, 3.63) is 76.9 Å². The maximum atomic E-state index is 14.8. The average Bonchev–Trinajstić information content (AvgIpc) is 2.95. The molecule has 0 bridgehead atoms. The number of rotatable bonds is 12. The topological polar surface area (TPSA) is 9.23 Å². The molecule has 3 heteroatoms. The van der Waals surface area contributed by atoms with Crippen molar-refractivity contribution < 1.29 is 13.5 Å². The lowest BCUT2D eigenvalue weighted by Gasteiger charge is -2.29. The third kappa shape index (κ3) is 7.93. The summed E-state index contributed by atoms with van der Waals surface area (Å²) in [7, 11) is 0. The molecular weight excluding hydrogens is 474 g/mol. The smallest absolute Gasteiger partial charge is 0.200 e. The van der Waals surface area contributed by atoms with Crippen molar-refractivity contribution in [3.8, 4) is 5.75 Å². The largest absolute Gasteiger partial charge is 0.490 e. The van der Waals surface area contributed by atoms with E-state index in [4.69, 9.17) is 4.74 Å². The Bertz CT molecular complexity index is 995. The van der Waals surface area contributed by atoms with E-state index in [0.29, 0.717) is 18.1 Å². The number of ether oxygens (including phenoxy) is 1. The molecule has 2 aromatic carbocycles. The minimum absolute atomic E-state index is 0.0507.